The maximum absolute atomic E-state index is 12.7. The fraction of sp³-hybridized carbons (Fsp3) is 0.579. The normalized spacial score (nSPS) is 28.5. The smallest absolute Gasteiger partial charge is 0.311 e. The molecular weight excluding hydrogens is 306 g/mol. The number of carbonyl (C=O) groups excluding carboxylic acids is 1. The predicted octanol–water partition coefficient (Wildman–Crippen LogP) is 1.67. The number of carboxylic acid groups (broad SMARTS) is 1. The Balaban J connectivity index is 1.48. The van der Waals surface area contributed by atoms with Gasteiger partial charge in [0.05, 0.1) is 18.4 Å². The molecule has 0 bridgehead atoms. The third-order valence-electron chi connectivity index (χ3n) is 6.00. The Morgan fingerprint density at radius 3 is 2.92 bits per heavy atom. The molecule has 4 rings (SSSR count). The summed E-state index contributed by atoms with van der Waals surface area (Å²) in [7, 11) is 0. The first-order valence-electron chi connectivity index (χ1n) is 8.78. The molecule has 1 aliphatic carbocycles. The Morgan fingerprint density at radius 1 is 1.29 bits per heavy atom. The second-order valence-corrected chi connectivity index (χ2v) is 7.39. The van der Waals surface area contributed by atoms with Crippen LogP contribution in [0.1, 0.15) is 29.5 Å². The van der Waals surface area contributed by atoms with Gasteiger partial charge in [-0.05, 0) is 42.4 Å². The molecule has 1 N–H and O–H groups in total. The molecule has 2 atom stereocenters. The summed E-state index contributed by atoms with van der Waals surface area (Å²) in [5.41, 5.74) is 2.99. The summed E-state index contributed by atoms with van der Waals surface area (Å²) in [6.07, 6.45) is 4.29. The fourth-order valence-corrected chi connectivity index (χ4v) is 4.51. The minimum Gasteiger partial charge on any atom is -0.481 e. The highest BCUT2D eigenvalue weighted by Gasteiger charge is 2.54. The molecule has 2 aliphatic heterocycles. The summed E-state index contributed by atoms with van der Waals surface area (Å²) < 4.78 is 5.45. The average molecular weight is 329 g/mol. The van der Waals surface area contributed by atoms with E-state index < -0.39 is 11.4 Å². The number of aliphatic carboxylic acids is 1. The molecule has 0 unspecified atom stereocenters. The number of likely N-dealkylation sites (tertiary alicyclic amines) is 1. The van der Waals surface area contributed by atoms with Crippen LogP contribution in [0.4, 0.5) is 0 Å². The zero-order chi connectivity index (χ0) is 16.7. The molecule has 1 aromatic carbocycles. The van der Waals surface area contributed by atoms with E-state index in [0.717, 1.165) is 18.4 Å². The van der Waals surface area contributed by atoms with Crippen molar-refractivity contribution in [3.05, 3.63) is 34.9 Å². The monoisotopic (exact) mass is 329 g/mol. The second-order valence-electron chi connectivity index (χ2n) is 7.39. The second kappa shape index (κ2) is 5.88. The molecule has 5 heteroatoms. The molecule has 128 valence electrons. The van der Waals surface area contributed by atoms with Crippen molar-refractivity contribution in [3.63, 3.8) is 0 Å². The topological polar surface area (TPSA) is 66.8 Å². The highest BCUT2D eigenvalue weighted by Crippen LogP contribution is 2.42. The molecular formula is C19H23NO4. The zero-order valence-corrected chi connectivity index (χ0v) is 13.8. The summed E-state index contributed by atoms with van der Waals surface area (Å²) in [5.74, 6) is -0.848. The maximum Gasteiger partial charge on any atom is 0.311 e. The Kier molecular flexibility index (Phi) is 3.83. The molecule has 0 radical (unpaired) electrons. The number of fused-ring (bicyclic) bond motifs is 2. The molecule has 0 spiro atoms. The van der Waals surface area contributed by atoms with Gasteiger partial charge in [0.25, 0.3) is 0 Å². The van der Waals surface area contributed by atoms with E-state index in [2.05, 4.69) is 12.1 Å². The van der Waals surface area contributed by atoms with Crippen LogP contribution < -0.4 is 0 Å². The van der Waals surface area contributed by atoms with Gasteiger partial charge in [-0.3, -0.25) is 9.59 Å². The number of amides is 1. The summed E-state index contributed by atoms with van der Waals surface area (Å²) >= 11 is 0. The van der Waals surface area contributed by atoms with E-state index in [4.69, 9.17) is 4.74 Å². The predicted molar refractivity (Wildman–Crippen MR) is 87.7 cm³/mol. The van der Waals surface area contributed by atoms with Crippen molar-refractivity contribution < 1.29 is 19.4 Å². The zero-order valence-electron chi connectivity index (χ0n) is 13.8. The van der Waals surface area contributed by atoms with Gasteiger partial charge in [0, 0.05) is 25.6 Å². The lowest BCUT2D eigenvalue weighted by atomic mass is 9.74. The van der Waals surface area contributed by atoms with Crippen LogP contribution >= 0.6 is 0 Å². The summed E-state index contributed by atoms with van der Waals surface area (Å²) in [4.78, 5) is 26.3. The number of rotatable bonds is 3. The van der Waals surface area contributed by atoms with E-state index in [1.165, 1.54) is 17.5 Å². The number of ether oxygens (including phenoxy) is 1. The number of hydrogen-bond acceptors (Lipinski definition) is 3. The van der Waals surface area contributed by atoms with Crippen LogP contribution in [0.3, 0.4) is 0 Å². The molecule has 2 fully saturated rings. The maximum atomic E-state index is 12.7. The van der Waals surface area contributed by atoms with Gasteiger partial charge in [-0.2, -0.15) is 0 Å². The van der Waals surface area contributed by atoms with Gasteiger partial charge in [-0.1, -0.05) is 18.2 Å². The first-order valence-corrected chi connectivity index (χ1v) is 8.78. The van der Waals surface area contributed by atoms with Crippen LogP contribution in [0.5, 0.6) is 0 Å². The number of hydrogen-bond donors (Lipinski definition) is 1. The fourth-order valence-electron chi connectivity index (χ4n) is 4.51. The van der Waals surface area contributed by atoms with E-state index in [1.807, 2.05) is 6.07 Å². The van der Waals surface area contributed by atoms with Crippen molar-refractivity contribution in [1.29, 1.82) is 0 Å². The van der Waals surface area contributed by atoms with Crippen LogP contribution in [0, 0.1) is 11.3 Å². The highest BCUT2D eigenvalue weighted by molar-refractivity contribution is 5.82. The van der Waals surface area contributed by atoms with E-state index in [1.54, 1.807) is 4.90 Å². The van der Waals surface area contributed by atoms with Crippen molar-refractivity contribution in [3.8, 4) is 0 Å². The van der Waals surface area contributed by atoms with Crippen LogP contribution in [0.15, 0.2) is 18.2 Å². The van der Waals surface area contributed by atoms with Crippen molar-refractivity contribution in [1.82, 2.24) is 4.90 Å². The lowest BCUT2D eigenvalue weighted by Crippen LogP contribution is -2.45. The molecule has 0 saturated carbocycles. The Bertz CT molecular complexity index is 686. The third kappa shape index (κ3) is 2.51. The molecule has 0 aromatic heterocycles. The van der Waals surface area contributed by atoms with E-state index in [-0.39, 0.29) is 11.8 Å². The molecule has 1 amide bonds. The van der Waals surface area contributed by atoms with Gasteiger partial charge in [0.1, 0.15) is 0 Å². The van der Waals surface area contributed by atoms with Gasteiger partial charge in [0.2, 0.25) is 5.91 Å². The Labute approximate surface area is 141 Å². The molecule has 1 aromatic rings. The lowest BCUT2D eigenvalue weighted by Gasteiger charge is -2.33. The molecule has 3 aliphatic rings. The third-order valence-corrected chi connectivity index (χ3v) is 6.00. The number of benzene rings is 1. The molecule has 5 nitrogen and oxygen atoms in total. The largest absolute Gasteiger partial charge is 0.481 e. The van der Waals surface area contributed by atoms with Crippen LogP contribution in [0.2, 0.25) is 0 Å². The summed E-state index contributed by atoms with van der Waals surface area (Å²) in [6, 6.07) is 6.34. The quantitative estimate of drug-likeness (QED) is 0.916. The molecule has 24 heavy (non-hydrogen) atoms. The first kappa shape index (κ1) is 15.6. The standard InChI is InChI=1S/C19H23NO4/c21-17(9-13-4-5-14-2-1-3-15(14)8-13)20-10-16-11-24-7-6-19(16,12-20)18(22)23/h4-5,8,16H,1-3,6-7,9-12H2,(H,22,23)/t16-,19+/m0/s1. The van der Waals surface area contributed by atoms with E-state index in [9.17, 15) is 14.7 Å². The first-order chi connectivity index (χ1) is 11.6. The van der Waals surface area contributed by atoms with Crippen LogP contribution in [-0.2, 0) is 33.6 Å². The van der Waals surface area contributed by atoms with Crippen LogP contribution in [0.25, 0.3) is 0 Å². The van der Waals surface area contributed by atoms with Gasteiger partial charge in [-0.25, -0.2) is 0 Å². The SMILES string of the molecule is O=C(Cc1ccc2c(c1)CCC2)N1C[C@H]2COCC[C@@]2(C(=O)O)C1. The van der Waals surface area contributed by atoms with Crippen molar-refractivity contribution >= 4 is 11.9 Å². The van der Waals surface area contributed by atoms with Gasteiger partial charge < -0.3 is 14.7 Å². The highest BCUT2D eigenvalue weighted by atomic mass is 16.5. The van der Waals surface area contributed by atoms with Gasteiger partial charge in [0.15, 0.2) is 0 Å². The minimum absolute atomic E-state index is 0.0305. The Hall–Kier alpha value is -1.88. The number of carbonyl (C=O) groups is 2. The van der Waals surface area contributed by atoms with Crippen molar-refractivity contribution in [2.24, 2.45) is 11.3 Å². The Morgan fingerprint density at radius 2 is 2.12 bits per heavy atom. The van der Waals surface area contributed by atoms with Crippen molar-refractivity contribution in [2.75, 3.05) is 26.3 Å². The lowest BCUT2D eigenvalue weighted by molar-refractivity contribution is -0.157. The van der Waals surface area contributed by atoms with Gasteiger partial charge >= 0.3 is 5.97 Å². The molecule has 2 heterocycles. The van der Waals surface area contributed by atoms with Crippen LogP contribution in [-0.4, -0.2) is 48.2 Å². The number of carboxylic acids is 1. The van der Waals surface area contributed by atoms with Gasteiger partial charge in [-0.15, -0.1) is 0 Å². The summed E-state index contributed by atoms with van der Waals surface area (Å²) in [6.45, 7) is 1.72. The minimum atomic E-state index is -0.814. The van der Waals surface area contributed by atoms with E-state index >= 15 is 0 Å². The van der Waals surface area contributed by atoms with E-state index in [0.29, 0.717) is 39.1 Å². The number of aryl methyl sites for hydroxylation is 2. The van der Waals surface area contributed by atoms with Crippen molar-refractivity contribution in [2.45, 2.75) is 32.1 Å². The number of nitrogens with zero attached hydrogens (tertiary/aromatic N) is 1. The summed E-state index contributed by atoms with van der Waals surface area (Å²) in [5, 5.41) is 9.70. The average Bonchev–Trinajstić information content (AvgIpc) is 3.19. The molecule has 2 saturated heterocycles.